The highest BCUT2D eigenvalue weighted by atomic mass is 16.5. The Morgan fingerprint density at radius 2 is 1.95 bits per heavy atom. The molecule has 0 atom stereocenters. The average Bonchev–Trinajstić information content (AvgIpc) is 3.09. The predicted octanol–water partition coefficient (Wildman–Crippen LogP) is 4.06. The van der Waals surface area contributed by atoms with E-state index in [1.54, 1.807) is 0 Å². The lowest BCUT2D eigenvalue weighted by Gasteiger charge is -2.26. The molecular weight excluding hydrogens is 276 g/mol. The van der Waals surface area contributed by atoms with Crippen LogP contribution in [0.5, 0.6) is 0 Å². The fourth-order valence-electron chi connectivity index (χ4n) is 3.39. The minimum atomic E-state index is 0.535. The molecular formula is C17H22N4O. The lowest BCUT2D eigenvalue weighted by atomic mass is 9.81. The topological polar surface area (TPSA) is 63.8 Å². The van der Waals surface area contributed by atoms with Crippen molar-refractivity contribution < 1.29 is 4.52 Å². The van der Waals surface area contributed by atoms with Crippen LogP contribution < -0.4 is 5.32 Å². The van der Waals surface area contributed by atoms with Crippen LogP contribution in [0.25, 0.3) is 11.3 Å². The number of aryl methyl sites for hydroxylation is 1. The third-order valence-electron chi connectivity index (χ3n) is 4.89. The summed E-state index contributed by atoms with van der Waals surface area (Å²) in [5, 5.41) is 7.50. The molecule has 116 valence electrons. The minimum Gasteiger partial charge on any atom is -0.356 e. The number of rotatable bonds is 4. The zero-order valence-corrected chi connectivity index (χ0v) is 13.0. The molecule has 2 aromatic rings. The van der Waals surface area contributed by atoms with Gasteiger partial charge in [-0.2, -0.15) is 0 Å². The minimum absolute atomic E-state index is 0.535. The number of anilines is 1. The first-order valence-electron chi connectivity index (χ1n) is 8.37. The highest BCUT2D eigenvalue weighted by Gasteiger charge is 2.27. The Kier molecular flexibility index (Phi) is 3.56. The third-order valence-corrected chi connectivity index (χ3v) is 4.89. The molecule has 0 unspecified atom stereocenters. The van der Waals surface area contributed by atoms with E-state index in [0.29, 0.717) is 12.0 Å². The maximum absolute atomic E-state index is 5.43. The number of aromatic nitrogens is 3. The average molecular weight is 298 g/mol. The van der Waals surface area contributed by atoms with E-state index in [9.17, 15) is 0 Å². The first-order chi connectivity index (χ1) is 10.8. The molecule has 5 heteroatoms. The Morgan fingerprint density at radius 3 is 2.59 bits per heavy atom. The Balaban J connectivity index is 1.65. The van der Waals surface area contributed by atoms with Gasteiger partial charge in [0.25, 0.3) is 0 Å². The largest absolute Gasteiger partial charge is 0.356 e. The maximum Gasteiger partial charge on any atom is 0.223 e. The van der Waals surface area contributed by atoms with Gasteiger partial charge < -0.3 is 9.84 Å². The van der Waals surface area contributed by atoms with Crippen LogP contribution in [-0.4, -0.2) is 21.2 Å². The van der Waals surface area contributed by atoms with Crippen LogP contribution >= 0.6 is 0 Å². The number of nitrogens with zero attached hydrogens (tertiary/aromatic N) is 3. The van der Waals surface area contributed by atoms with Gasteiger partial charge in [0, 0.05) is 24.2 Å². The summed E-state index contributed by atoms with van der Waals surface area (Å²) in [6.07, 6.45) is 10.7. The predicted molar refractivity (Wildman–Crippen MR) is 84.7 cm³/mol. The molecule has 0 aliphatic heterocycles. The molecule has 4 rings (SSSR count). The molecule has 0 saturated heterocycles. The van der Waals surface area contributed by atoms with Crippen LogP contribution in [0.2, 0.25) is 0 Å². The molecule has 22 heavy (non-hydrogen) atoms. The van der Waals surface area contributed by atoms with Gasteiger partial charge in [0.2, 0.25) is 5.95 Å². The fourth-order valence-corrected chi connectivity index (χ4v) is 3.39. The first kappa shape index (κ1) is 13.7. The first-order valence-corrected chi connectivity index (χ1v) is 8.37. The SMILES string of the molecule is Cc1cc(-c2cnc(NC3CCCC3)nc2C2CCC2)on1. The van der Waals surface area contributed by atoms with Gasteiger partial charge in [0.1, 0.15) is 0 Å². The Bertz CT molecular complexity index is 656. The van der Waals surface area contributed by atoms with Crippen molar-refractivity contribution in [3.63, 3.8) is 0 Å². The van der Waals surface area contributed by atoms with Crippen molar-refractivity contribution in [3.8, 4) is 11.3 Å². The lowest BCUT2D eigenvalue weighted by Crippen LogP contribution is -2.19. The second-order valence-corrected chi connectivity index (χ2v) is 6.58. The van der Waals surface area contributed by atoms with Gasteiger partial charge in [0.15, 0.2) is 5.76 Å². The van der Waals surface area contributed by atoms with Gasteiger partial charge in [0.05, 0.1) is 17.0 Å². The quantitative estimate of drug-likeness (QED) is 0.922. The van der Waals surface area contributed by atoms with E-state index in [1.165, 1.54) is 44.9 Å². The van der Waals surface area contributed by atoms with Crippen molar-refractivity contribution in [1.29, 1.82) is 0 Å². The normalized spacial score (nSPS) is 19.3. The molecule has 2 saturated carbocycles. The number of nitrogens with one attached hydrogen (secondary N) is 1. The van der Waals surface area contributed by atoms with Gasteiger partial charge in [-0.3, -0.25) is 0 Å². The summed E-state index contributed by atoms with van der Waals surface area (Å²) >= 11 is 0. The smallest absolute Gasteiger partial charge is 0.223 e. The second kappa shape index (κ2) is 5.71. The Hall–Kier alpha value is -1.91. The maximum atomic E-state index is 5.43. The van der Waals surface area contributed by atoms with E-state index in [1.807, 2.05) is 19.2 Å². The summed E-state index contributed by atoms with van der Waals surface area (Å²) in [7, 11) is 0. The summed E-state index contributed by atoms with van der Waals surface area (Å²) in [6, 6.07) is 2.50. The van der Waals surface area contributed by atoms with Crippen molar-refractivity contribution in [1.82, 2.24) is 15.1 Å². The zero-order valence-electron chi connectivity index (χ0n) is 13.0. The molecule has 1 N–H and O–H groups in total. The van der Waals surface area contributed by atoms with Crippen molar-refractivity contribution in [2.45, 2.75) is 63.8 Å². The Morgan fingerprint density at radius 1 is 1.14 bits per heavy atom. The standard InChI is InChI=1S/C17H22N4O/c1-11-9-15(22-21-11)14-10-18-17(19-13-7-2-3-8-13)20-16(14)12-5-4-6-12/h9-10,12-13H,2-8H2,1H3,(H,18,19,20). The van der Waals surface area contributed by atoms with Crippen molar-refractivity contribution in [2.75, 3.05) is 5.32 Å². The van der Waals surface area contributed by atoms with E-state index in [-0.39, 0.29) is 0 Å². The molecule has 5 nitrogen and oxygen atoms in total. The summed E-state index contributed by atoms with van der Waals surface area (Å²) < 4.78 is 5.43. The number of hydrogen-bond acceptors (Lipinski definition) is 5. The van der Waals surface area contributed by atoms with Gasteiger partial charge in [-0.05, 0) is 32.6 Å². The lowest BCUT2D eigenvalue weighted by molar-refractivity contribution is 0.404. The fraction of sp³-hybridized carbons (Fsp3) is 0.588. The molecule has 2 aromatic heterocycles. The van der Waals surface area contributed by atoms with Crippen molar-refractivity contribution in [2.24, 2.45) is 0 Å². The van der Waals surface area contributed by atoms with Crippen LogP contribution in [-0.2, 0) is 0 Å². The highest BCUT2D eigenvalue weighted by molar-refractivity contribution is 5.61. The molecule has 2 heterocycles. The van der Waals surface area contributed by atoms with E-state index < -0.39 is 0 Å². The summed E-state index contributed by atoms with van der Waals surface area (Å²) in [4.78, 5) is 9.35. The van der Waals surface area contributed by atoms with Gasteiger partial charge in [-0.15, -0.1) is 0 Å². The highest BCUT2D eigenvalue weighted by Crippen LogP contribution is 2.40. The van der Waals surface area contributed by atoms with Crippen molar-refractivity contribution in [3.05, 3.63) is 23.7 Å². The summed E-state index contributed by atoms with van der Waals surface area (Å²) in [5.41, 5.74) is 3.02. The van der Waals surface area contributed by atoms with Crippen LogP contribution in [0.15, 0.2) is 16.8 Å². The van der Waals surface area contributed by atoms with Gasteiger partial charge in [-0.1, -0.05) is 24.4 Å². The summed E-state index contributed by atoms with van der Waals surface area (Å²) in [6.45, 7) is 1.94. The summed E-state index contributed by atoms with van der Waals surface area (Å²) in [5.74, 6) is 2.09. The number of hydrogen-bond donors (Lipinski definition) is 1. The molecule has 2 fully saturated rings. The molecule has 0 amide bonds. The molecule has 0 radical (unpaired) electrons. The molecule has 0 aromatic carbocycles. The monoisotopic (exact) mass is 298 g/mol. The zero-order chi connectivity index (χ0) is 14.9. The van der Waals surface area contributed by atoms with Crippen molar-refractivity contribution >= 4 is 5.95 Å². The van der Waals surface area contributed by atoms with E-state index in [4.69, 9.17) is 9.51 Å². The van der Waals surface area contributed by atoms with Crippen LogP contribution in [0.4, 0.5) is 5.95 Å². The molecule has 2 aliphatic carbocycles. The van der Waals surface area contributed by atoms with Gasteiger partial charge in [-0.25, -0.2) is 9.97 Å². The van der Waals surface area contributed by atoms with Crippen LogP contribution in [0.3, 0.4) is 0 Å². The Labute approximate surface area is 130 Å². The van der Waals surface area contributed by atoms with Crippen LogP contribution in [0, 0.1) is 6.92 Å². The molecule has 2 aliphatic rings. The second-order valence-electron chi connectivity index (χ2n) is 6.58. The molecule has 0 spiro atoms. The third kappa shape index (κ3) is 2.60. The van der Waals surface area contributed by atoms with Gasteiger partial charge >= 0.3 is 0 Å². The molecule has 0 bridgehead atoms. The van der Waals surface area contributed by atoms with E-state index in [0.717, 1.165) is 28.7 Å². The van der Waals surface area contributed by atoms with Crippen LogP contribution in [0.1, 0.15) is 62.3 Å². The van der Waals surface area contributed by atoms with E-state index >= 15 is 0 Å². The van der Waals surface area contributed by atoms with E-state index in [2.05, 4.69) is 15.5 Å².